The van der Waals surface area contributed by atoms with Crippen molar-refractivity contribution in [2.24, 2.45) is 0 Å². The number of rotatable bonds is 11. The van der Waals surface area contributed by atoms with Crippen molar-refractivity contribution in [3.8, 4) is 17.2 Å². The van der Waals surface area contributed by atoms with Crippen LogP contribution < -0.4 is 25.4 Å². The fourth-order valence-electron chi connectivity index (χ4n) is 5.15. The molecule has 2 aromatic heterocycles. The number of carbonyl (C=O) groups excluding carboxylic acids is 1. The summed E-state index contributed by atoms with van der Waals surface area (Å²) in [5.41, 5.74) is 5.01. The first-order chi connectivity index (χ1) is 19.9. The number of aromatic nitrogens is 1. The fraction of sp³-hybridized carbons (Fsp3) is 0.281. The molecule has 9 heteroatoms. The minimum absolute atomic E-state index is 0.0639. The molecule has 4 N–H and O–H groups in total. The Labute approximate surface area is 239 Å². The second-order valence-electron chi connectivity index (χ2n) is 9.86. The minimum atomic E-state index is -0.396. The van der Waals surface area contributed by atoms with Crippen LogP contribution in [0.25, 0.3) is 21.9 Å². The van der Waals surface area contributed by atoms with Crippen LogP contribution in [0.15, 0.2) is 65.1 Å². The lowest BCUT2D eigenvalue weighted by atomic mass is 10.1. The number of benzene rings is 3. The maximum atomic E-state index is 12.7. The van der Waals surface area contributed by atoms with Crippen molar-refractivity contribution < 1.29 is 23.8 Å². The molecular weight excluding hydrogens is 520 g/mol. The maximum absolute atomic E-state index is 12.7. The van der Waals surface area contributed by atoms with Gasteiger partial charge in [-0.05, 0) is 100 Å². The van der Waals surface area contributed by atoms with Crippen LogP contribution in [0, 0.1) is 6.92 Å². The monoisotopic (exact) mass is 556 g/mol. The number of urea groups is 1. The number of carbonyl (C=O) groups is 1. The van der Waals surface area contributed by atoms with Crippen molar-refractivity contribution in [2.75, 3.05) is 37.9 Å². The summed E-state index contributed by atoms with van der Waals surface area (Å²) in [5.74, 6) is 2.06. The number of anilines is 2. The average molecular weight is 557 g/mol. The van der Waals surface area contributed by atoms with E-state index in [2.05, 4.69) is 40.4 Å². The highest BCUT2D eigenvalue weighted by Gasteiger charge is 2.20. The Hall–Kier alpha value is -4.63. The van der Waals surface area contributed by atoms with E-state index in [0.717, 1.165) is 53.2 Å². The van der Waals surface area contributed by atoms with Crippen molar-refractivity contribution in [3.05, 3.63) is 77.7 Å². The molecule has 5 rings (SSSR count). The number of amides is 2. The lowest BCUT2D eigenvalue weighted by molar-refractivity contribution is 0.262. The van der Waals surface area contributed by atoms with Crippen molar-refractivity contribution in [2.45, 2.75) is 33.2 Å². The first kappa shape index (κ1) is 27.9. The summed E-state index contributed by atoms with van der Waals surface area (Å²) in [6, 6.07) is 18.1. The average Bonchev–Trinajstić information content (AvgIpc) is 3.43. The topological polar surface area (TPSA) is 110 Å². The van der Waals surface area contributed by atoms with E-state index in [1.54, 1.807) is 37.4 Å². The molecule has 5 aromatic rings. The normalized spacial score (nSPS) is 11.2. The van der Waals surface area contributed by atoms with Gasteiger partial charge in [0.1, 0.15) is 17.1 Å². The van der Waals surface area contributed by atoms with Crippen molar-refractivity contribution in [1.29, 1.82) is 0 Å². The van der Waals surface area contributed by atoms with E-state index in [9.17, 15) is 9.90 Å². The number of furan rings is 1. The molecule has 0 fully saturated rings. The lowest BCUT2D eigenvalue weighted by Crippen LogP contribution is -2.19. The van der Waals surface area contributed by atoms with Crippen molar-refractivity contribution >= 4 is 39.3 Å². The highest BCUT2D eigenvalue weighted by molar-refractivity contribution is 6.01. The number of hydrogen-bond acceptors (Lipinski definition) is 6. The molecule has 3 aromatic carbocycles. The fourth-order valence-corrected chi connectivity index (χ4v) is 5.15. The van der Waals surface area contributed by atoms with Gasteiger partial charge in [0.2, 0.25) is 0 Å². The predicted octanol–water partition coefficient (Wildman–Crippen LogP) is 6.65. The summed E-state index contributed by atoms with van der Waals surface area (Å²) >= 11 is 0. The molecule has 0 aliphatic rings. The zero-order valence-electron chi connectivity index (χ0n) is 23.8. The molecule has 2 amide bonds. The second kappa shape index (κ2) is 12.3. The van der Waals surface area contributed by atoms with Gasteiger partial charge in [-0.3, -0.25) is 0 Å². The SMILES string of the molecule is CCn1c(C)c(Cc2oc3ccc(NC(=O)Nc4ccc(OCCCNC)cc4)cc3c2O)c2cc(OC)ccc21. The first-order valence-corrected chi connectivity index (χ1v) is 13.8. The van der Waals surface area contributed by atoms with Gasteiger partial charge in [-0.25, -0.2) is 4.79 Å². The lowest BCUT2D eigenvalue weighted by Gasteiger charge is -2.09. The Kier molecular flexibility index (Phi) is 8.35. The number of nitrogens with zero attached hydrogens (tertiary/aromatic N) is 1. The second-order valence-corrected chi connectivity index (χ2v) is 9.86. The first-order valence-electron chi connectivity index (χ1n) is 13.8. The van der Waals surface area contributed by atoms with E-state index in [-0.39, 0.29) is 5.75 Å². The molecule has 0 spiro atoms. The third kappa shape index (κ3) is 5.95. The molecule has 0 aliphatic heterocycles. The third-order valence-corrected chi connectivity index (χ3v) is 7.26. The van der Waals surface area contributed by atoms with E-state index in [1.807, 2.05) is 31.3 Å². The van der Waals surface area contributed by atoms with Crippen LogP contribution in [0.1, 0.15) is 30.4 Å². The van der Waals surface area contributed by atoms with Gasteiger partial charge in [0, 0.05) is 40.9 Å². The van der Waals surface area contributed by atoms with Crippen LogP contribution in [0.3, 0.4) is 0 Å². The van der Waals surface area contributed by atoms with Gasteiger partial charge in [-0.15, -0.1) is 0 Å². The molecule has 9 nitrogen and oxygen atoms in total. The molecule has 0 saturated heterocycles. The summed E-state index contributed by atoms with van der Waals surface area (Å²) in [4.78, 5) is 12.7. The van der Waals surface area contributed by atoms with E-state index in [1.165, 1.54) is 0 Å². The van der Waals surface area contributed by atoms with E-state index < -0.39 is 6.03 Å². The third-order valence-electron chi connectivity index (χ3n) is 7.26. The highest BCUT2D eigenvalue weighted by Crippen LogP contribution is 2.38. The van der Waals surface area contributed by atoms with E-state index in [0.29, 0.717) is 41.1 Å². The molecule has 0 saturated carbocycles. The zero-order valence-corrected chi connectivity index (χ0v) is 23.8. The Morgan fingerprint density at radius 1 is 0.976 bits per heavy atom. The van der Waals surface area contributed by atoms with Crippen LogP contribution in [0.4, 0.5) is 16.2 Å². The minimum Gasteiger partial charge on any atom is -0.504 e. The molecular formula is C32H36N4O5. The summed E-state index contributed by atoms with van der Waals surface area (Å²) in [7, 11) is 3.56. The van der Waals surface area contributed by atoms with Gasteiger partial charge in [-0.2, -0.15) is 0 Å². The number of ether oxygens (including phenoxy) is 2. The molecule has 0 atom stereocenters. The van der Waals surface area contributed by atoms with Crippen LogP contribution in [0.5, 0.6) is 17.2 Å². The standard InChI is InChI=1S/C32H36N4O5/c1-5-36-20(2)25(26-18-24(39-4)12-13-28(26)36)19-30-31(37)27-17-22(9-14-29(27)41-30)35-32(38)34-21-7-10-23(11-8-21)40-16-6-15-33-3/h7-14,17-18,33,37H,5-6,15-16,19H2,1-4H3,(H2,34,35,38). The predicted molar refractivity (Wildman–Crippen MR) is 163 cm³/mol. The van der Waals surface area contributed by atoms with Gasteiger partial charge < -0.3 is 39.5 Å². The molecule has 2 heterocycles. The van der Waals surface area contributed by atoms with E-state index >= 15 is 0 Å². The molecule has 41 heavy (non-hydrogen) atoms. The van der Waals surface area contributed by atoms with Crippen LogP contribution in [-0.2, 0) is 13.0 Å². The zero-order chi connectivity index (χ0) is 28.9. The van der Waals surface area contributed by atoms with E-state index in [4.69, 9.17) is 13.9 Å². The van der Waals surface area contributed by atoms with Crippen LogP contribution in [0.2, 0.25) is 0 Å². The van der Waals surface area contributed by atoms with Gasteiger partial charge in [0.15, 0.2) is 11.5 Å². The Bertz CT molecular complexity index is 1670. The Morgan fingerprint density at radius 3 is 2.44 bits per heavy atom. The molecule has 0 bridgehead atoms. The number of hydrogen-bond donors (Lipinski definition) is 4. The Balaban J connectivity index is 1.30. The van der Waals surface area contributed by atoms with Gasteiger partial charge in [-0.1, -0.05) is 0 Å². The van der Waals surface area contributed by atoms with Gasteiger partial charge in [0.05, 0.1) is 19.1 Å². The highest BCUT2D eigenvalue weighted by atomic mass is 16.5. The van der Waals surface area contributed by atoms with Gasteiger partial charge >= 0.3 is 6.03 Å². The van der Waals surface area contributed by atoms with Crippen molar-refractivity contribution in [3.63, 3.8) is 0 Å². The number of methoxy groups -OCH3 is 1. The summed E-state index contributed by atoms with van der Waals surface area (Å²) < 4.78 is 19.5. The van der Waals surface area contributed by atoms with Crippen molar-refractivity contribution in [1.82, 2.24) is 9.88 Å². The molecule has 0 radical (unpaired) electrons. The summed E-state index contributed by atoms with van der Waals surface area (Å²) in [6.45, 7) is 6.53. The number of fused-ring (bicyclic) bond motifs is 2. The quantitative estimate of drug-likeness (QED) is 0.136. The number of aromatic hydroxyl groups is 1. The molecule has 0 aliphatic carbocycles. The molecule has 214 valence electrons. The number of aryl methyl sites for hydroxylation is 1. The smallest absolute Gasteiger partial charge is 0.323 e. The van der Waals surface area contributed by atoms with Crippen LogP contribution in [-0.4, -0.2) is 43.0 Å². The summed E-state index contributed by atoms with van der Waals surface area (Å²) in [5, 5.41) is 21.5. The maximum Gasteiger partial charge on any atom is 0.323 e. The number of nitrogens with one attached hydrogen (secondary N) is 3. The molecule has 0 unspecified atom stereocenters. The van der Waals surface area contributed by atoms with Crippen LogP contribution >= 0.6 is 0 Å². The summed E-state index contributed by atoms with van der Waals surface area (Å²) in [6.07, 6.45) is 1.33. The van der Waals surface area contributed by atoms with Gasteiger partial charge in [0.25, 0.3) is 0 Å². The largest absolute Gasteiger partial charge is 0.504 e. The Morgan fingerprint density at radius 2 is 1.71 bits per heavy atom.